The normalized spacial score (nSPS) is 18.9. The SMILES string of the molecule is CCc1cc(Cl)cc(Br)c1C(/C=C(C)/C=C(/C)C=N)C1CCN(C)CC1.NC(=O)N1CCC(CC=O)CC1. The van der Waals surface area contributed by atoms with Gasteiger partial charge >= 0.3 is 6.03 Å². The third-order valence-corrected chi connectivity index (χ3v) is 8.52. The van der Waals surface area contributed by atoms with Gasteiger partial charge in [0.05, 0.1) is 0 Å². The first-order chi connectivity index (χ1) is 18.1. The maximum Gasteiger partial charge on any atom is 0.314 e. The van der Waals surface area contributed by atoms with Crippen LogP contribution in [-0.2, 0) is 11.2 Å². The van der Waals surface area contributed by atoms with Crippen LogP contribution in [0.4, 0.5) is 4.79 Å². The van der Waals surface area contributed by atoms with Gasteiger partial charge in [-0.25, -0.2) is 4.79 Å². The first kappa shape index (κ1) is 32.3. The molecule has 1 unspecified atom stereocenters. The number of hydrogen-bond donors (Lipinski definition) is 2. The zero-order valence-electron chi connectivity index (χ0n) is 23.3. The van der Waals surface area contributed by atoms with Gasteiger partial charge < -0.3 is 25.7 Å². The van der Waals surface area contributed by atoms with Crippen LogP contribution >= 0.6 is 27.5 Å². The fourth-order valence-electron chi connectivity index (χ4n) is 5.40. The van der Waals surface area contributed by atoms with E-state index in [2.05, 4.69) is 59.9 Å². The molecular formula is C30H44BrClN4O2. The van der Waals surface area contributed by atoms with Crippen molar-refractivity contribution in [3.8, 4) is 0 Å². The molecule has 2 aliphatic rings. The smallest absolute Gasteiger partial charge is 0.314 e. The molecule has 0 radical (unpaired) electrons. The van der Waals surface area contributed by atoms with Gasteiger partial charge in [0.1, 0.15) is 6.29 Å². The van der Waals surface area contributed by atoms with Gasteiger partial charge in [-0.2, -0.15) is 0 Å². The van der Waals surface area contributed by atoms with Crippen molar-refractivity contribution >= 4 is 46.1 Å². The van der Waals surface area contributed by atoms with Gasteiger partial charge in [0.2, 0.25) is 0 Å². The number of nitrogens with zero attached hydrogens (tertiary/aromatic N) is 2. The summed E-state index contributed by atoms with van der Waals surface area (Å²) in [6.07, 6.45) is 12.7. The summed E-state index contributed by atoms with van der Waals surface area (Å²) in [5.74, 6) is 1.44. The van der Waals surface area contributed by atoms with E-state index in [1.807, 2.05) is 13.0 Å². The van der Waals surface area contributed by atoms with Gasteiger partial charge in [0, 0.05) is 41.1 Å². The Balaban J connectivity index is 0.000000352. The van der Waals surface area contributed by atoms with Crippen molar-refractivity contribution in [2.75, 3.05) is 33.2 Å². The highest BCUT2D eigenvalue weighted by Gasteiger charge is 2.28. The highest BCUT2D eigenvalue weighted by atomic mass is 79.9. The van der Waals surface area contributed by atoms with E-state index in [0.29, 0.717) is 37.3 Å². The molecule has 0 saturated carbocycles. The molecule has 38 heavy (non-hydrogen) atoms. The summed E-state index contributed by atoms with van der Waals surface area (Å²) in [5, 5.41) is 8.23. The molecule has 0 spiro atoms. The lowest BCUT2D eigenvalue weighted by atomic mass is 9.77. The summed E-state index contributed by atoms with van der Waals surface area (Å²) in [6, 6.07) is 3.80. The quantitative estimate of drug-likeness (QED) is 0.189. The fraction of sp³-hybridized carbons (Fsp3) is 0.567. The number of nitrogens with two attached hydrogens (primary N) is 1. The number of amides is 2. The van der Waals surface area contributed by atoms with Crippen molar-refractivity contribution in [3.63, 3.8) is 0 Å². The second-order valence-electron chi connectivity index (χ2n) is 10.6. The minimum Gasteiger partial charge on any atom is -0.351 e. The maximum atomic E-state index is 10.7. The monoisotopic (exact) mass is 606 g/mol. The van der Waals surface area contributed by atoms with E-state index < -0.39 is 0 Å². The van der Waals surface area contributed by atoms with Gasteiger partial charge in [0.25, 0.3) is 0 Å². The van der Waals surface area contributed by atoms with Gasteiger partial charge in [0.15, 0.2) is 0 Å². The molecule has 2 saturated heterocycles. The Morgan fingerprint density at radius 1 is 1.16 bits per heavy atom. The van der Waals surface area contributed by atoms with Gasteiger partial charge in [-0.1, -0.05) is 52.2 Å². The summed E-state index contributed by atoms with van der Waals surface area (Å²) in [7, 11) is 2.21. The van der Waals surface area contributed by atoms with Crippen molar-refractivity contribution in [3.05, 3.63) is 56.1 Å². The van der Waals surface area contributed by atoms with E-state index in [-0.39, 0.29) is 6.03 Å². The number of carbonyl (C=O) groups excluding carboxylic acids is 2. The number of urea groups is 1. The van der Waals surface area contributed by atoms with Crippen LogP contribution in [0.3, 0.4) is 0 Å². The summed E-state index contributed by atoms with van der Waals surface area (Å²) in [4.78, 5) is 24.9. The van der Waals surface area contributed by atoms with Crippen molar-refractivity contribution in [2.45, 2.75) is 65.2 Å². The second kappa shape index (κ2) is 16.2. The zero-order valence-corrected chi connectivity index (χ0v) is 25.7. The van der Waals surface area contributed by atoms with E-state index in [1.54, 1.807) is 4.90 Å². The number of aldehydes is 1. The average molecular weight is 608 g/mol. The average Bonchev–Trinajstić information content (AvgIpc) is 2.88. The van der Waals surface area contributed by atoms with Gasteiger partial charge in [-0.3, -0.25) is 0 Å². The number of benzene rings is 1. The molecule has 3 rings (SSSR count). The molecule has 0 bridgehead atoms. The first-order valence-electron chi connectivity index (χ1n) is 13.6. The van der Waals surface area contributed by atoms with Crippen LogP contribution in [0.5, 0.6) is 0 Å². The molecule has 1 aromatic rings. The predicted molar refractivity (Wildman–Crippen MR) is 162 cm³/mol. The molecule has 1 aromatic carbocycles. The Kier molecular flexibility index (Phi) is 13.8. The van der Waals surface area contributed by atoms with Gasteiger partial charge in [-0.15, -0.1) is 0 Å². The molecule has 6 nitrogen and oxygen atoms in total. The van der Waals surface area contributed by atoms with Crippen LogP contribution in [0.1, 0.15) is 69.9 Å². The highest BCUT2D eigenvalue weighted by molar-refractivity contribution is 9.10. The second-order valence-corrected chi connectivity index (χ2v) is 11.9. The standard InChI is InChI=1S/C22H30BrClN2.C8H14N2O2/c1-5-17-12-19(24)13-21(23)22(17)20(11-15(2)10-16(3)14-25)18-6-8-26(4)9-7-18;9-8(12)10-4-1-7(2-5-10)3-6-11/h10-14,18,20,25H,5-9H2,1-4H3;6-7H,1-5H2,(H2,9,12)/b15-11+,16-10-,25-14?;. The van der Waals surface area contributed by atoms with Crippen LogP contribution in [0.2, 0.25) is 5.02 Å². The van der Waals surface area contributed by atoms with Crippen molar-refractivity contribution in [2.24, 2.45) is 17.6 Å². The molecule has 8 heteroatoms. The third-order valence-electron chi connectivity index (χ3n) is 7.65. The minimum absolute atomic E-state index is 0.348. The molecule has 210 valence electrons. The molecule has 2 aliphatic heterocycles. The van der Waals surface area contributed by atoms with E-state index in [9.17, 15) is 9.59 Å². The van der Waals surface area contributed by atoms with Crippen LogP contribution in [-0.4, -0.2) is 61.6 Å². The topological polar surface area (TPSA) is 90.5 Å². The number of rotatable bonds is 8. The molecule has 3 N–H and O–H groups in total. The number of aryl methyl sites for hydroxylation is 1. The fourth-order valence-corrected chi connectivity index (χ4v) is 6.54. The summed E-state index contributed by atoms with van der Waals surface area (Å²) in [6.45, 7) is 10.0. The number of allylic oxidation sites excluding steroid dienone is 4. The Bertz CT molecular complexity index is 1010. The third kappa shape index (κ3) is 9.97. The van der Waals surface area contributed by atoms with Crippen LogP contribution in [0.25, 0.3) is 0 Å². The predicted octanol–water partition coefficient (Wildman–Crippen LogP) is 7.00. The van der Waals surface area contributed by atoms with E-state index in [1.165, 1.54) is 35.8 Å². The molecule has 0 aromatic heterocycles. The lowest BCUT2D eigenvalue weighted by Gasteiger charge is -2.35. The summed E-state index contributed by atoms with van der Waals surface area (Å²) in [5.41, 5.74) is 10.0. The zero-order chi connectivity index (χ0) is 28.2. The minimum atomic E-state index is -0.348. The first-order valence-corrected chi connectivity index (χ1v) is 14.8. The Morgan fingerprint density at radius 2 is 1.79 bits per heavy atom. The Labute approximate surface area is 242 Å². The van der Waals surface area contributed by atoms with E-state index in [0.717, 1.165) is 53.7 Å². The van der Waals surface area contributed by atoms with Gasteiger partial charge in [-0.05, 0) is 107 Å². The Hall–Kier alpha value is -1.96. The van der Waals surface area contributed by atoms with Crippen molar-refractivity contribution in [1.82, 2.24) is 9.80 Å². The largest absolute Gasteiger partial charge is 0.351 e. The lowest BCUT2D eigenvalue weighted by molar-refractivity contribution is -0.108. The lowest BCUT2D eigenvalue weighted by Crippen LogP contribution is -2.41. The molecule has 2 fully saturated rings. The number of piperidine rings is 2. The number of hydrogen-bond acceptors (Lipinski definition) is 4. The molecular weight excluding hydrogens is 564 g/mol. The summed E-state index contributed by atoms with van der Waals surface area (Å²) >= 11 is 10.1. The number of halogens is 2. The number of carbonyl (C=O) groups is 2. The van der Waals surface area contributed by atoms with Crippen LogP contribution in [0, 0.1) is 17.2 Å². The molecule has 2 amide bonds. The number of primary amides is 1. The van der Waals surface area contributed by atoms with Crippen LogP contribution < -0.4 is 5.73 Å². The van der Waals surface area contributed by atoms with Crippen LogP contribution in [0.15, 0.2) is 39.9 Å². The van der Waals surface area contributed by atoms with E-state index in [4.69, 9.17) is 22.7 Å². The number of likely N-dealkylation sites (tertiary alicyclic amines) is 2. The highest BCUT2D eigenvalue weighted by Crippen LogP contribution is 2.41. The molecule has 0 aliphatic carbocycles. The molecule has 1 atom stereocenters. The number of nitrogens with one attached hydrogen (secondary N) is 1. The summed E-state index contributed by atoms with van der Waals surface area (Å²) < 4.78 is 1.11. The van der Waals surface area contributed by atoms with Crippen molar-refractivity contribution < 1.29 is 9.59 Å². The van der Waals surface area contributed by atoms with E-state index >= 15 is 0 Å². The van der Waals surface area contributed by atoms with Crippen molar-refractivity contribution in [1.29, 1.82) is 5.41 Å². The molecule has 2 heterocycles. The maximum absolute atomic E-state index is 10.7. The Morgan fingerprint density at radius 3 is 2.32 bits per heavy atom.